The molecule has 1 N–H and O–H groups in total. The minimum Gasteiger partial charge on any atom is -0.352 e. The summed E-state index contributed by atoms with van der Waals surface area (Å²) in [6.45, 7) is 5.47. The molecule has 1 aromatic heterocycles. The average molecular weight is 438 g/mol. The number of benzene rings is 3. The molecule has 0 aliphatic carbocycles. The molecule has 0 fully saturated rings. The molecule has 4 heteroatoms. The first kappa shape index (κ1) is 22.7. The minimum atomic E-state index is 0.00872. The predicted molar refractivity (Wildman–Crippen MR) is 136 cm³/mol. The first-order chi connectivity index (χ1) is 15.9. The van der Waals surface area contributed by atoms with Crippen LogP contribution < -0.4 is 5.32 Å². The Labute approximate surface area is 196 Å². The molecule has 168 valence electrons. The molecule has 4 aromatic rings. The zero-order chi connectivity index (χ0) is 23.4. The van der Waals surface area contributed by atoms with Crippen LogP contribution in [-0.2, 0) is 24.3 Å². The number of carbonyl (C=O) groups excluding carboxylic acids is 1. The summed E-state index contributed by atoms with van der Waals surface area (Å²) in [4.78, 5) is 19.7. The van der Waals surface area contributed by atoms with Gasteiger partial charge in [0.05, 0.1) is 11.9 Å². The third kappa shape index (κ3) is 5.29. The van der Waals surface area contributed by atoms with Gasteiger partial charge in [-0.15, -0.1) is 0 Å². The molecule has 4 rings (SSSR count). The van der Waals surface area contributed by atoms with Crippen LogP contribution in [0, 0.1) is 13.8 Å². The SMILES string of the molecule is Cc1nc2ccccc2c(C)c1CC(=O)NCc1ccccc1-c1ccc(CN(C)C)cc1. The Morgan fingerprint density at radius 3 is 2.36 bits per heavy atom. The van der Waals surface area contributed by atoms with Crippen molar-refractivity contribution in [3.8, 4) is 11.1 Å². The van der Waals surface area contributed by atoms with Crippen molar-refractivity contribution in [1.29, 1.82) is 0 Å². The molecule has 1 amide bonds. The molecular weight excluding hydrogens is 406 g/mol. The first-order valence-corrected chi connectivity index (χ1v) is 11.4. The van der Waals surface area contributed by atoms with Crippen LogP contribution in [0.15, 0.2) is 72.8 Å². The van der Waals surface area contributed by atoms with Crippen LogP contribution in [0.3, 0.4) is 0 Å². The maximum Gasteiger partial charge on any atom is 0.224 e. The summed E-state index contributed by atoms with van der Waals surface area (Å²) in [6.07, 6.45) is 0.330. The van der Waals surface area contributed by atoms with E-state index in [0.29, 0.717) is 13.0 Å². The lowest BCUT2D eigenvalue weighted by molar-refractivity contribution is -0.120. The van der Waals surface area contributed by atoms with Gasteiger partial charge in [0.25, 0.3) is 0 Å². The quantitative estimate of drug-likeness (QED) is 0.419. The fourth-order valence-corrected chi connectivity index (χ4v) is 4.36. The molecule has 0 aliphatic rings. The fraction of sp³-hybridized carbons (Fsp3) is 0.241. The Balaban J connectivity index is 1.48. The van der Waals surface area contributed by atoms with E-state index in [1.807, 2.05) is 37.3 Å². The number of hydrogen-bond donors (Lipinski definition) is 1. The maximum absolute atomic E-state index is 12.9. The number of fused-ring (bicyclic) bond motifs is 1. The average Bonchev–Trinajstić information content (AvgIpc) is 2.81. The maximum atomic E-state index is 12.9. The Kier molecular flexibility index (Phi) is 6.85. The van der Waals surface area contributed by atoms with Gasteiger partial charge in [-0.2, -0.15) is 0 Å². The van der Waals surface area contributed by atoms with Gasteiger partial charge in [0, 0.05) is 24.2 Å². The molecule has 0 saturated heterocycles. The molecule has 33 heavy (non-hydrogen) atoms. The van der Waals surface area contributed by atoms with Gasteiger partial charge in [-0.05, 0) is 67.4 Å². The van der Waals surface area contributed by atoms with Crippen molar-refractivity contribution in [3.63, 3.8) is 0 Å². The fourth-order valence-electron chi connectivity index (χ4n) is 4.36. The molecule has 0 bridgehead atoms. The van der Waals surface area contributed by atoms with E-state index >= 15 is 0 Å². The van der Waals surface area contributed by atoms with Gasteiger partial charge in [-0.3, -0.25) is 9.78 Å². The topological polar surface area (TPSA) is 45.2 Å². The predicted octanol–water partition coefficient (Wildman–Crippen LogP) is 5.44. The van der Waals surface area contributed by atoms with Crippen LogP contribution in [0.25, 0.3) is 22.0 Å². The van der Waals surface area contributed by atoms with Crippen molar-refractivity contribution in [2.45, 2.75) is 33.4 Å². The van der Waals surface area contributed by atoms with E-state index in [4.69, 9.17) is 4.98 Å². The number of rotatable bonds is 7. The molecule has 4 nitrogen and oxygen atoms in total. The minimum absolute atomic E-state index is 0.00872. The van der Waals surface area contributed by atoms with E-state index in [1.165, 1.54) is 5.56 Å². The molecule has 0 unspecified atom stereocenters. The van der Waals surface area contributed by atoms with Gasteiger partial charge in [0.15, 0.2) is 0 Å². The van der Waals surface area contributed by atoms with Crippen molar-refractivity contribution in [2.24, 2.45) is 0 Å². The summed E-state index contributed by atoms with van der Waals surface area (Å²) in [5.41, 5.74) is 8.73. The Morgan fingerprint density at radius 1 is 0.909 bits per heavy atom. The number of carbonyl (C=O) groups is 1. The van der Waals surface area contributed by atoms with E-state index in [0.717, 1.165) is 51.0 Å². The van der Waals surface area contributed by atoms with E-state index in [9.17, 15) is 4.79 Å². The lowest BCUT2D eigenvalue weighted by Crippen LogP contribution is -2.25. The van der Waals surface area contributed by atoms with Crippen LogP contribution in [0.4, 0.5) is 0 Å². The van der Waals surface area contributed by atoms with Crippen molar-refractivity contribution in [3.05, 3.63) is 101 Å². The molecule has 0 saturated carbocycles. The zero-order valence-corrected chi connectivity index (χ0v) is 19.9. The number of nitrogens with zero attached hydrogens (tertiary/aromatic N) is 2. The van der Waals surface area contributed by atoms with E-state index in [1.54, 1.807) is 0 Å². The summed E-state index contributed by atoms with van der Waals surface area (Å²) < 4.78 is 0. The lowest BCUT2D eigenvalue weighted by Gasteiger charge is -2.14. The van der Waals surface area contributed by atoms with Crippen LogP contribution >= 0.6 is 0 Å². The Hall–Kier alpha value is -3.50. The number of pyridine rings is 1. The third-order valence-corrected chi connectivity index (χ3v) is 6.08. The summed E-state index contributed by atoms with van der Waals surface area (Å²) in [7, 11) is 4.14. The van der Waals surface area contributed by atoms with Gasteiger partial charge < -0.3 is 10.2 Å². The van der Waals surface area contributed by atoms with Gasteiger partial charge in [-0.25, -0.2) is 0 Å². The highest BCUT2D eigenvalue weighted by Gasteiger charge is 2.14. The van der Waals surface area contributed by atoms with Crippen LogP contribution in [0.2, 0.25) is 0 Å². The van der Waals surface area contributed by atoms with Crippen molar-refractivity contribution in [1.82, 2.24) is 15.2 Å². The highest BCUT2D eigenvalue weighted by Crippen LogP contribution is 2.25. The molecule has 0 spiro atoms. The molecular formula is C29H31N3O. The molecule has 3 aromatic carbocycles. The molecule has 0 aliphatic heterocycles. The smallest absolute Gasteiger partial charge is 0.224 e. The third-order valence-electron chi connectivity index (χ3n) is 6.08. The van der Waals surface area contributed by atoms with Crippen LogP contribution in [0.1, 0.15) is 27.9 Å². The van der Waals surface area contributed by atoms with E-state index in [2.05, 4.69) is 73.7 Å². The molecule has 1 heterocycles. The standard InChI is InChI=1S/C29H31N3O/c1-20-25-10-7-8-12-28(25)31-21(2)27(20)17-29(33)30-18-24-9-5-6-11-26(24)23-15-13-22(14-16-23)19-32(3)4/h5-16H,17-19H2,1-4H3,(H,30,33). The van der Waals surface area contributed by atoms with Gasteiger partial charge in [-0.1, -0.05) is 66.7 Å². The number of aryl methyl sites for hydroxylation is 2. The zero-order valence-electron chi connectivity index (χ0n) is 19.9. The second-order valence-corrected chi connectivity index (χ2v) is 8.86. The number of hydrogen-bond acceptors (Lipinski definition) is 3. The van der Waals surface area contributed by atoms with Gasteiger partial charge >= 0.3 is 0 Å². The van der Waals surface area contributed by atoms with E-state index in [-0.39, 0.29) is 5.91 Å². The van der Waals surface area contributed by atoms with Crippen LogP contribution in [-0.4, -0.2) is 29.9 Å². The van der Waals surface area contributed by atoms with Crippen LogP contribution in [0.5, 0.6) is 0 Å². The van der Waals surface area contributed by atoms with Crippen molar-refractivity contribution < 1.29 is 4.79 Å². The van der Waals surface area contributed by atoms with Gasteiger partial charge in [0.2, 0.25) is 5.91 Å². The summed E-state index contributed by atoms with van der Waals surface area (Å²) in [5, 5.41) is 4.23. The Morgan fingerprint density at radius 2 is 1.61 bits per heavy atom. The first-order valence-electron chi connectivity index (χ1n) is 11.4. The highest BCUT2D eigenvalue weighted by atomic mass is 16.1. The monoisotopic (exact) mass is 437 g/mol. The summed E-state index contributed by atoms with van der Waals surface area (Å²) in [6, 6.07) is 25.0. The number of aromatic nitrogens is 1. The summed E-state index contributed by atoms with van der Waals surface area (Å²) >= 11 is 0. The molecule has 0 radical (unpaired) electrons. The second kappa shape index (κ2) is 9.97. The number of nitrogens with one attached hydrogen (secondary N) is 1. The van der Waals surface area contributed by atoms with Crippen molar-refractivity contribution >= 4 is 16.8 Å². The van der Waals surface area contributed by atoms with E-state index < -0.39 is 0 Å². The summed E-state index contributed by atoms with van der Waals surface area (Å²) in [5.74, 6) is 0.00872. The number of amides is 1. The van der Waals surface area contributed by atoms with Gasteiger partial charge in [0.1, 0.15) is 0 Å². The normalized spacial score (nSPS) is 11.2. The molecule has 0 atom stereocenters. The largest absolute Gasteiger partial charge is 0.352 e. The highest BCUT2D eigenvalue weighted by molar-refractivity contribution is 5.86. The number of para-hydroxylation sites is 1. The van der Waals surface area contributed by atoms with Crippen molar-refractivity contribution in [2.75, 3.05) is 14.1 Å². The Bertz CT molecular complexity index is 1280. The lowest BCUT2D eigenvalue weighted by atomic mass is 9.98. The second-order valence-electron chi connectivity index (χ2n) is 8.86.